The summed E-state index contributed by atoms with van der Waals surface area (Å²) in [6, 6.07) is 0. The fourth-order valence-corrected chi connectivity index (χ4v) is 1.81. The Hall–Kier alpha value is -0.340. The average Bonchev–Trinajstić information content (AvgIpc) is 2.24. The van der Waals surface area contributed by atoms with Crippen molar-refractivity contribution in [3.05, 3.63) is 12.7 Å². The summed E-state index contributed by atoms with van der Waals surface area (Å²) in [4.78, 5) is 2.48. The van der Waals surface area contributed by atoms with Gasteiger partial charge in [0.15, 0.2) is 0 Å². The molecule has 0 aromatic rings. The predicted molar refractivity (Wildman–Crippen MR) is 69.1 cm³/mol. The van der Waals surface area contributed by atoms with Crippen molar-refractivity contribution in [2.45, 2.75) is 45.4 Å². The smallest absolute Gasteiger partial charge is 0.0105 e. The van der Waals surface area contributed by atoms with Gasteiger partial charge in [-0.25, -0.2) is 0 Å². The van der Waals surface area contributed by atoms with E-state index in [1.165, 1.54) is 51.6 Å². The predicted octanol–water partition coefficient (Wildman–Crippen LogP) is 2.79. The van der Waals surface area contributed by atoms with Crippen LogP contribution in [0.5, 0.6) is 0 Å². The van der Waals surface area contributed by atoms with E-state index < -0.39 is 0 Å². The van der Waals surface area contributed by atoms with Crippen molar-refractivity contribution in [1.82, 2.24) is 4.90 Å². The second-order valence-corrected chi connectivity index (χ2v) is 4.12. The monoisotopic (exact) mass is 212 g/mol. The third kappa shape index (κ3) is 9.95. The van der Waals surface area contributed by atoms with Crippen LogP contribution in [0.25, 0.3) is 0 Å². The van der Waals surface area contributed by atoms with Gasteiger partial charge in [-0.1, -0.05) is 25.8 Å². The molecule has 0 bridgehead atoms. The molecule has 2 nitrogen and oxygen atoms in total. The first-order valence-corrected chi connectivity index (χ1v) is 6.38. The van der Waals surface area contributed by atoms with Gasteiger partial charge in [0.1, 0.15) is 0 Å². The van der Waals surface area contributed by atoms with Crippen LogP contribution in [0.1, 0.15) is 45.4 Å². The molecule has 0 aromatic heterocycles. The minimum absolute atomic E-state index is 0.788. The van der Waals surface area contributed by atoms with Crippen molar-refractivity contribution in [1.29, 1.82) is 0 Å². The molecule has 0 aliphatic carbocycles. The van der Waals surface area contributed by atoms with Gasteiger partial charge in [0, 0.05) is 13.1 Å². The van der Waals surface area contributed by atoms with E-state index in [4.69, 9.17) is 5.73 Å². The number of hydrogen-bond donors (Lipinski definition) is 1. The molecule has 2 N–H and O–H groups in total. The zero-order valence-corrected chi connectivity index (χ0v) is 10.4. The van der Waals surface area contributed by atoms with E-state index in [1.54, 1.807) is 0 Å². The molecule has 0 unspecified atom stereocenters. The zero-order valence-electron chi connectivity index (χ0n) is 10.4. The number of allylic oxidation sites excluding steroid dienone is 1. The highest BCUT2D eigenvalue weighted by Crippen LogP contribution is 2.04. The largest absolute Gasteiger partial charge is 0.329 e. The van der Waals surface area contributed by atoms with Gasteiger partial charge in [-0.2, -0.15) is 0 Å². The summed E-state index contributed by atoms with van der Waals surface area (Å²) in [6.07, 6.45) is 9.72. The molecular weight excluding hydrogens is 184 g/mol. The molecule has 0 rings (SSSR count). The Balaban J connectivity index is 3.31. The topological polar surface area (TPSA) is 29.3 Å². The van der Waals surface area contributed by atoms with Gasteiger partial charge in [-0.3, -0.25) is 0 Å². The number of unbranched alkanes of at least 4 members (excludes halogenated alkanes) is 4. The second kappa shape index (κ2) is 11.7. The molecule has 0 amide bonds. The van der Waals surface area contributed by atoms with E-state index in [1.807, 2.05) is 6.08 Å². The van der Waals surface area contributed by atoms with E-state index in [9.17, 15) is 0 Å². The molecule has 0 heterocycles. The SMILES string of the molecule is C=CCCCCCCN(CCC)CCN. The molecule has 0 spiro atoms. The third-order valence-corrected chi connectivity index (χ3v) is 2.62. The molecule has 0 atom stereocenters. The maximum absolute atomic E-state index is 5.58. The fraction of sp³-hybridized carbons (Fsp3) is 0.846. The summed E-state index contributed by atoms with van der Waals surface area (Å²) in [5.41, 5.74) is 5.58. The van der Waals surface area contributed by atoms with Crippen LogP contribution in [-0.4, -0.2) is 31.1 Å². The molecule has 0 fully saturated rings. The van der Waals surface area contributed by atoms with Gasteiger partial charge in [-0.05, 0) is 38.8 Å². The van der Waals surface area contributed by atoms with Crippen molar-refractivity contribution < 1.29 is 0 Å². The van der Waals surface area contributed by atoms with E-state index in [-0.39, 0.29) is 0 Å². The number of nitrogens with zero attached hydrogens (tertiary/aromatic N) is 1. The molecule has 0 saturated carbocycles. The van der Waals surface area contributed by atoms with Crippen molar-refractivity contribution in [2.24, 2.45) is 5.73 Å². The first-order valence-electron chi connectivity index (χ1n) is 6.38. The first kappa shape index (κ1) is 14.7. The van der Waals surface area contributed by atoms with Crippen LogP contribution in [-0.2, 0) is 0 Å². The molecule has 0 aliphatic rings. The maximum atomic E-state index is 5.58. The summed E-state index contributed by atoms with van der Waals surface area (Å²) < 4.78 is 0. The Bertz CT molecular complexity index is 128. The lowest BCUT2D eigenvalue weighted by Gasteiger charge is -2.20. The van der Waals surface area contributed by atoms with Crippen LogP contribution < -0.4 is 5.73 Å². The minimum Gasteiger partial charge on any atom is -0.329 e. The lowest BCUT2D eigenvalue weighted by Crippen LogP contribution is -2.31. The van der Waals surface area contributed by atoms with Crippen molar-refractivity contribution in [2.75, 3.05) is 26.2 Å². The van der Waals surface area contributed by atoms with Gasteiger partial charge >= 0.3 is 0 Å². The van der Waals surface area contributed by atoms with Crippen LogP contribution in [0.3, 0.4) is 0 Å². The number of rotatable bonds is 11. The first-order chi connectivity index (χ1) is 7.35. The lowest BCUT2D eigenvalue weighted by atomic mass is 10.1. The van der Waals surface area contributed by atoms with Crippen molar-refractivity contribution in [3.8, 4) is 0 Å². The van der Waals surface area contributed by atoms with Gasteiger partial charge in [0.05, 0.1) is 0 Å². The van der Waals surface area contributed by atoms with Gasteiger partial charge in [0.25, 0.3) is 0 Å². The van der Waals surface area contributed by atoms with E-state index >= 15 is 0 Å². The molecule has 15 heavy (non-hydrogen) atoms. The highest BCUT2D eigenvalue weighted by molar-refractivity contribution is 4.65. The van der Waals surface area contributed by atoms with E-state index in [0.717, 1.165) is 13.1 Å². The van der Waals surface area contributed by atoms with Crippen LogP contribution in [0.4, 0.5) is 0 Å². The molecule has 0 radical (unpaired) electrons. The summed E-state index contributed by atoms with van der Waals surface area (Å²) >= 11 is 0. The molecule has 2 heteroatoms. The third-order valence-electron chi connectivity index (χ3n) is 2.62. The quantitative estimate of drug-likeness (QED) is 0.421. The highest BCUT2D eigenvalue weighted by atomic mass is 15.1. The Morgan fingerprint density at radius 1 is 1.07 bits per heavy atom. The highest BCUT2D eigenvalue weighted by Gasteiger charge is 2.01. The summed E-state index contributed by atoms with van der Waals surface area (Å²) in [5.74, 6) is 0. The lowest BCUT2D eigenvalue weighted by molar-refractivity contribution is 0.274. The maximum Gasteiger partial charge on any atom is 0.0105 e. The fourth-order valence-electron chi connectivity index (χ4n) is 1.81. The Morgan fingerprint density at radius 2 is 1.80 bits per heavy atom. The van der Waals surface area contributed by atoms with E-state index in [0.29, 0.717) is 0 Å². The molecule has 0 saturated heterocycles. The van der Waals surface area contributed by atoms with Crippen molar-refractivity contribution >= 4 is 0 Å². The van der Waals surface area contributed by atoms with Crippen LogP contribution in [0, 0.1) is 0 Å². The summed E-state index contributed by atoms with van der Waals surface area (Å²) in [7, 11) is 0. The normalized spacial score (nSPS) is 10.9. The Labute approximate surface area is 95.5 Å². The van der Waals surface area contributed by atoms with Crippen LogP contribution >= 0.6 is 0 Å². The molecular formula is C13H28N2. The summed E-state index contributed by atoms with van der Waals surface area (Å²) in [6.45, 7) is 10.2. The average molecular weight is 212 g/mol. The van der Waals surface area contributed by atoms with Crippen LogP contribution in [0.2, 0.25) is 0 Å². The Morgan fingerprint density at radius 3 is 2.40 bits per heavy atom. The van der Waals surface area contributed by atoms with E-state index in [2.05, 4.69) is 18.4 Å². The second-order valence-electron chi connectivity index (χ2n) is 4.12. The zero-order chi connectivity index (χ0) is 11.4. The standard InChI is InChI=1S/C13H28N2/c1-3-5-6-7-8-9-12-15(11-4-2)13-10-14/h3H,1,4-14H2,2H3. The number of hydrogen-bond acceptors (Lipinski definition) is 2. The van der Waals surface area contributed by atoms with Gasteiger partial charge in [0.2, 0.25) is 0 Å². The summed E-state index contributed by atoms with van der Waals surface area (Å²) in [5, 5.41) is 0. The van der Waals surface area contributed by atoms with Gasteiger partial charge in [-0.15, -0.1) is 6.58 Å². The Kier molecular flexibility index (Phi) is 11.5. The van der Waals surface area contributed by atoms with Gasteiger partial charge < -0.3 is 10.6 Å². The molecule has 0 aromatic carbocycles. The molecule has 0 aliphatic heterocycles. The van der Waals surface area contributed by atoms with Crippen LogP contribution in [0.15, 0.2) is 12.7 Å². The minimum atomic E-state index is 0.788. The number of nitrogens with two attached hydrogens (primary N) is 1. The van der Waals surface area contributed by atoms with Crippen molar-refractivity contribution in [3.63, 3.8) is 0 Å². The molecule has 90 valence electrons.